The molecule has 0 aliphatic heterocycles. The van der Waals surface area contributed by atoms with Gasteiger partial charge in [0.25, 0.3) is 0 Å². The zero-order valence-electron chi connectivity index (χ0n) is 13.8. The molecule has 0 spiro atoms. The van der Waals surface area contributed by atoms with Crippen LogP contribution in [-0.2, 0) is 19.6 Å². The van der Waals surface area contributed by atoms with Crippen LogP contribution in [0.4, 0.5) is 0 Å². The number of benzene rings is 1. The molecule has 1 aromatic carbocycles. The van der Waals surface area contributed by atoms with Crippen molar-refractivity contribution >= 4 is 32.7 Å². The van der Waals surface area contributed by atoms with Gasteiger partial charge in [-0.1, -0.05) is 19.1 Å². The third-order valence-corrected chi connectivity index (χ3v) is 5.45. The van der Waals surface area contributed by atoms with Crippen LogP contribution in [0, 0.1) is 0 Å². The number of pyridine rings is 1. The summed E-state index contributed by atoms with van der Waals surface area (Å²) >= 11 is 0. The fourth-order valence-electron chi connectivity index (χ4n) is 2.49. The zero-order chi connectivity index (χ0) is 18.6. The molecule has 9 heteroatoms. The van der Waals surface area contributed by atoms with Crippen LogP contribution in [0.5, 0.6) is 0 Å². The molecule has 0 bridgehead atoms. The Balaban J connectivity index is 2.67. The van der Waals surface area contributed by atoms with Gasteiger partial charge in [-0.3, -0.25) is 4.79 Å². The monoisotopic (exact) mass is 366 g/mol. The fourth-order valence-corrected chi connectivity index (χ4v) is 4.17. The van der Waals surface area contributed by atoms with Gasteiger partial charge in [0.05, 0.1) is 12.0 Å². The quantitative estimate of drug-likeness (QED) is 0.739. The first-order valence-electron chi connectivity index (χ1n) is 7.51. The summed E-state index contributed by atoms with van der Waals surface area (Å²) in [5.74, 6) is -1.93. The maximum absolute atomic E-state index is 12.9. The summed E-state index contributed by atoms with van der Waals surface area (Å²) in [5, 5.41) is 9.61. The van der Waals surface area contributed by atoms with E-state index in [0.29, 0.717) is 11.8 Å². The average molecular weight is 366 g/mol. The maximum atomic E-state index is 12.9. The van der Waals surface area contributed by atoms with Crippen molar-refractivity contribution in [1.82, 2.24) is 9.29 Å². The number of carbonyl (C=O) groups excluding carboxylic acids is 1. The maximum Gasteiger partial charge on any atom is 0.357 e. The molecule has 1 N–H and O–H groups in total. The number of carboxylic acids is 1. The standard InChI is InChI=1S/C16H18N2O6S/c1-3-9-18(10-14(19)20)25(22,23)13-6-4-5-12-11(13)7-8-17-15(12)16(21)24-2/h4-8H,3,9-10H2,1-2H3,(H,19,20). The lowest BCUT2D eigenvalue weighted by atomic mass is 10.1. The number of carboxylic acid groups (broad SMARTS) is 1. The molecule has 1 heterocycles. The van der Waals surface area contributed by atoms with Gasteiger partial charge < -0.3 is 9.84 Å². The van der Waals surface area contributed by atoms with Gasteiger partial charge in [0.2, 0.25) is 10.0 Å². The molecule has 2 aromatic rings. The highest BCUT2D eigenvalue weighted by Crippen LogP contribution is 2.27. The minimum Gasteiger partial charge on any atom is -0.480 e. The highest BCUT2D eigenvalue weighted by molar-refractivity contribution is 7.89. The van der Waals surface area contributed by atoms with Crippen molar-refractivity contribution in [2.75, 3.05) is 20.2 Å². The van der Waals surface area contributed by atoms with Crippen LogP contribution in [-0.4, -0.2) is 55.0 Å². The van der Waals surface area contributed by atoms with Crippen LogP contribution in [0.1, 0.15) is 23.8 Å². The van der Waals surface area contributed by atoms with Gasteiger partial charge in [-0.05, 0) is 18.6 Å². The Bertz CT molecular complexity index is 910. The number of aromatic nitrogens is 1. The van der Waals surface area contributed by atoms with Crippen molar-refractivity contribution in [2.24, 2.45) is 0 Å². The van der Waals surface area contributed by atoms with Crippen LogP contribution in [0.25, 0.3) is 10.8 Å². The third-order valence-electron chi connectivity index (χ3n) is 3.55. The lowest BCUT2D eigenvalue weighted by molar-refractivity contribution is -0.137. The van der Waals surface area contributed by atoms with E-state index in [1.165, 1.54) is 31.5 Å². The topological polar surface area (TPSA) is 114 Å². The average Bonchev–Trinajstić information content (AvgIpc) is 2.59. The number of hydrogen-bond acceptors (Lipinski definition) is 6. The molecule has 2 rings (SSSR count). The van der Waals surface area contributed by atoms with Gasteiger partial charge in [-0.15, -0.1) is 0 Å². The third kappa shape index (κ3) is 3.77. The smallest absolute Gasteiger partial charge is 0.357 e. The van der Waals surface area contributed by atoms with E-state index in [9.17, 15) is 18.0 Å². The number of rotatable bonds is 7. The van der Waals surface area contributed by atoms with Gasteiger partial charge >= 0.3 is 11.9 Å². The zero-order valence-corrected chi connectivity index (χ0v) is 14.6. The molecular formula is C16H18N2O6S. The number of hydrogen-bond donors (Lipinski definition) is 1. The Morgan fingerprint density at radius 3 is 2.56 bits per heavy atom. The van der Waals surface area contributed by atoms with E-state index in [-0.39, 0.29) is 22.5 Å². The largest absolute Gasteiger partial charge is 0.480 e. The molecule has 25 heavy (non-hydrogen) atoms. The number of nitrogens with zero attached hydrogens (tertiary/aromatic N) is 2. The second-order valence-corrected chi connectivity index (χ2v) is 7.14. The van der Waals surface area contributed by atoms with Crippen molar-refractivity contribution in [3.63, 3.8) is 0 Å². The molecule has 0 atom stereocenters. The van der Waals surface area contributed by atoms with E-state index in [4.69, 9.17) is 5.11 Å². The Morgan fingerprint density at radius 1 is 1.24 bits per heavy atom. The minimum atomic E-state index is -4.06. The Hall–Kier alpha value is -2.52. The van der Waals surface area contributed by atoms with E-state index in [2.05, 4.69) is 9.72 Å². The number of ether oxygens (including phenoxy) is 1. The molecular weight excluding hydrogens is 348 g/mol. The van der Waals surface area contributed by atoms with Crippen molar-refractivity contribution in [1.29, 1.82) is 0 Å². The minimum absolute atomic E-state index is 0.00248. The van der Waals surface area contributed by atoms with Crippen molar-refractivity contribution in [3.8, 4) is 0 Å². The van der Waals surface area contributed by atoms with E-state index in [0.717, 1.165) is 4.31 Å². The van der Waals surface area contributed by atoms with Crippen molar-refractivity contribution < 1.29 is 27.9 Å². The molecule has 1 aromatic heterocycles. The molecule has 0 aliphatic carbocycles. The van der Waals surface area contributed by atoms with E-state index in [1.54, 1.807) is 13.0 Å². The first kappa shape index (κ1) is 18.8. The molecule has 0 saturated carbocycles. The molecule has 8 nitrogen and oxygen atoms in total. The molecule has 0 fully saturated rings. The van der Waals surface area contributed by atoms with Gasteiger partial charge in [-0.25, -0.2) is 18.2 Å². The molecule has 0 aliphatic rings. The van der Waals surface area contributed by atoms with Gasteiger partial charge in [0.1, 0.15) is 6.54 Å². The number of carbonyl (C=O) groups is 2. The Kier molecular flexibility index (Phi) is 5.70. The van der Waals surface area contributed by atoms with Gasteiger partial charge in [-0.2, -0.15) is 4.31 Å². The van der Waals surface area contributed by atoms with Crippen LogP contribution in [0.3, 0.4) is 0 Å². The predicted octanol–water partition coefficient (Wildman–Crippen LogP) is 1.51. The molecule has 134 valence electrons. The molecule has 0 saturated heterocycles. The summed E-state index contributed by atoms with van der Waals surface area (Å²) in [7, 11) is -2.85. The lowest BCUT2D eigenvalue weighted by Gasteiger charge is -2.20. The summed E-state index contributed by atoms with van der Waals surface area (Å²) < 4.78 is 31.5. The van der Waals surface area contributed by atoms with Crippen molar-refractivity contribution in [3.05, 3.63) is 36.2 Å². The number of methoxy groups -OCH3 is 1. The van der Waals surface area contributed by atoms with E-state index in [1.807, 2.05) is 0 Å². The summed E-state index contributed by atoms with van der Waals surface area (Å²) in [6.07, 6.45) is 1.78. The first-order chi connectivity index (χ1) is 11.8. The SMILES string of the molecule is CCCN(CC(=O)O)S(=O)(=O)c1cccc2c(C(=O)OC)nccc12. The summed E-state index contributed by atoms with van der Waals surface area (Å²) in [5.41, 5.74) is -0.00248. The van der Waals surface area contributed by atoms with Crippen LogP contribution in [0.2, 0.25) is 0 Å². The normalized spacial score (nSPS) is 11.6. The first-order valence-corrected chi connectivity index (χ1v) is 8.95. The highest BCUT2D eigenvalue weighted by Gasteiger charge is 2.28. The van der Waals surface area contributed by atoms with Crippen molar-refractivity contribution in [2.45, 2.75) is 18.2 Å². The predicted molar refractivity (Wildman–Crippen MR) is 89.8 cm³/mol. The van der Waals surface area contributed by atoms with E-state index >= 15 is 0 Å². The summed E-state index contributed by atoms with van der Waals surface area (Å²) in [6.45, 7) is 1.19. The number of esters is 1. The number of sulfonamides is 1. The molecule has 0 unspecified atom stereocenters. The van der Waals surface area contributed by atoms with Gasteiger partial charge in [0, 0.05) is 23.5 Å². The Morgan fingerprint density at radius 2 is 1.96 bits per heavy atom. The van der Waals surface area contributed by atoms with Crippen LogP contribution in [0.15, 0.2) is 35.4 Å². The fraction of sp³-hybridized carbons (Fsp3) is 0.312. The number of fused-ring (bicyclic) bond motifs is 1. The number of aliphatic carboxylic acids is 1. The lowest BCUT2D eigenvalue weighted by Crippen LogP contribution is -2.36. The summed E-state index contributed by atoms with van der Waals surface area (Å²) in [4.78, 5) is 26.8. The second-order valence-electron chi connectivity index (χ2n) is 5.23. The van der Waals surface area contributed by atoms with Crippen LogP contribution >= 0.6 is 0 Å². The summed E-state index contributed by atoms with van der Waals surface area (Å²) in [6, 6.07) is 5.89. The van der Waals surface area contributed by atoms with Gasteiger partial charge in [0.15, 0.2) is 5.69 Å². The second kappa shape index (κ2) is 7.58. The highest BCUT2D eigenvalue weighted by atomic mass is 32.2. The molecule has 0 radical (unpaired) electrons. The van der Waals surface area contributed by atoms with E-state index < -0.39 is 28.5 Å². The van der Waals surface area contributed by atoms with Crippen LogP contribution < -0.4 is 0 Å². The Labute approximate surface area is 145 Å². The molecule has 0 amide bonds.